The van der Waals surface area contributed by atoms with Crippen LogP contribution in [0.4, 0.5) is 34.1 Å². The molecule has 0 saturated heterocycles. The Hall–Kier alpha value is -7.16. The van der Waals surface area contributed by atoms with Gasteiger partial charge in [-0.05, 0) is 104 Å². The summed E-state index contributed by atoms with van der Waals surface area (Å²) in [6.07, 6.45) is 0. The van der Waals surface area contributed by atoms with Crippen LogP contribution in [0.3, 0.4) is 0 Å². The third-order valence-electron chi connectivity index (χ3n) is 13.2. The maximum absolute atomic E-state index is 2.55. The van der Waals surface area contributed by atoms with Crippen LogP contribution < -0.4 is 9.80 Å². The van der Waals surface area contributed by atoms with Crippen LogP contribution in [0.15, 0.2) is 206 Å². The molecule has 0 unspecified atom stereocenters. The van der Waals surface area contributed by atoms with Crippen molar-refractivity contribution in [2.24, 2.45) is 0 Å². The van der Waals surface area contributed by atoms with Gasteiger partial charge in [-0.1, -0.05) is 172 Å². The van der Waals surface area contributed by atoms with Crippen molar-refractivity contribution in [3.05, 3.63) is 240 Å². The highest BCUT2D eigenvalue weighted by atomic mass is 15.2. The SMILES string of the molecule is CC1(C)c2ccccc2-c2ccc(N(c3cccc4c3-c3ccccc3C43c4ccccc4N(c4ccccc4)c4ccccc43)c3cccc4ccccc34)cc21. The molecule has 9 aromatic rings. The summed E-state index contributed by atoms with van der Waals surface area (Å²) in [7, 11) is 0. The fourth-order valence-electron chi connectivity index (χ4n) is 10.8. The van der Waals surface area contributed by atoms with Crippen LogP contribution in [0.1, 0.15) is 47.2 Å². The fourth-order valence-corrected chi connectivity index (χ4v) is 10.8. The molecule has 1 aliphatic heterocycles. The monoisotopic (exact) mass is 740 g/mol. The van der Waals surface area contributed by atoms with E-state index in [0.717, 1.165) is 17.1 Å². The van der Waals surface area contributed by atoms with E-state index >= 15 is 0 Å². The summed E-state index contributed by atoms with van der Waals surface area (Å²) in [5, 5.41) is 2.44. The summed E-state index contributed by atoms with van der Waals surface area (Å²) < 4.78 is 0. The second-order valence-electron chi connectivity index (χ2n) is 16.4. The van der Waals surface area contributed by atoms with Crippen molar-refractivity contribution in [2.75, 3.05) is 9.80 Å². The Morgan fingerprint density at radius 2 is 0.948 bits per heavy atom. The Labute approximate surface area is 339 Å². The van der Waals surface area contributed by atoms with Crippen LogP contribution in [0.2, 0.25) is 0 Å². The van der Waals surface area contributed by atoms with Crippen LogP contribution in [0.5, 0.6) is 0 Å². The summed E-state index contributed by atoms with van der Waals surface area (Å²) >= 11 is 0. The lowest BCUT2D eigenvalue weighted by atomic mass is 9.64. The van der Waals surface area contributed by atoms with Crippen LogP contribution in [-0.2, 0) is 10.8 Å². The Morgan fingerprint density at radius 3 is 1.72 bits per heavy atom. The third kappa shape index (κ3) is 4.32. The first-order valence-corrected chi connectivity index (χ1v) is 20.4. The van der Waals surface area contributed by atoms with Crippen molar-refractivity contribution in [3.8, 4) is 22.3 Å². The van der Waals surface area contributed by atoms with Gasteiger partial charge in [0.05, 0.1) is 28.2 Å². The number of hydrogen-bond acceptors (Lipinski definition) is 2. The molecule has 9 aromatic carbocycles. The zero-order chi connectivity index (χ0) is 38.6. The predicted molar refractivity (Wildman–Crippen MR) is 242 cm³/mol. The van der Waals surface area contributed by atoms with Gasteiger partial charge in [0.15, 0.2) is 0 Å². The van der Waals surface area contributed by atoms with Crippen LogP contribution in [0, 0.1) is 0 Å². The number of anilines is 6. The van der Waals surface area contributed by atoms with E-state index < -0.39 is 5.41 Å². The number of benzene rings is 9. The first kappa shape index (κ1) is 33.0. The van der Waals surface area contributed by atoms with E-state index in [-0.39, 0.29) is 5.41 Å². The van der Waals surface area contributed by atoms with Crippen molar-refractivity contribution in [1.82, 2.24) is 0 Å². The lowest BCUT2D eigenvalue weighted by Crippen LogP contribution is -2.36. The molecular formula is C56H40N2. The van der Waals surface area contributed by atoms with Crippen molar-refractivity contribution in [2.45, 2.75) is 24.7 Å². The zero-order valence-electron chi connectivity index (χ0n) is 32.5. The molecule has 274 valence electrons. The molecule has 0 atom stereocenters. The Morgan fingerprint density at radius 1 is 0.397 bits per heavy atom. The highest BCUT2D eigenvalue weighted by Gasteiger charge is 2.52. The fraction of sp³-hybridized carbons (Fsp3) is 0.0714. The standard InChI is InChI=1S/C56H40N2/c1-55(2)44-25-10-8-23-41(44)42-35-34-39(36-49(42)55)58(50-32-16-19-37-18-6-7-22-40(37)50)53-33-17-29-48-54(53)43-24-9-11-26-45(43)56(48)46-27-12-14-30-51(46)57(38-20-4-3-5-21-38)52-31-15-13-28-47(52)56/h3-36H,1-2H3. The number of hydrogen-bond donors (Lipinski definition) is 0. The number of fused-ring (bicyclic) bond motifs is 13. The van der Waals surface area contributed by atoms with Gasteiger partial charge in [0, 0.05) is 27.7 Å². The van der Waals surface area contributed by atoms with Gasteiger partial charge < -0.3 is 9.80 Å². The van der Waals surface area contributed by atoms with Gasteiger partial charge in [0.25, 0.3) is 0 Å². The van der Waals surface area contributed by atoms with Crippen LogP contribution in [-0.4, -0.2) is 0 Å². The van der Waals surface area contributed by atoms with Crippen molar-refractivity contribution < 1.29 is 0 Å². The quantitative estimate of drug-likeness (QED) is 0.177. The molecule has 0 radical (unpaired) electrons. The van der Waals surface area contributed by atoms with Gasteiger partial charge in [-0.15, -0.1) is 0 Å². The average molecular weight is 741 g/mol. The van der Waals surface area contributed by atoms with Gasteiger partial charge in [-0.25, -0.2) is 0 Å². The van der Waals surface area contributed by atoms with Crippen molar-refractivity contribution in [1.29, 1.82) is 0 Å². The third-order valence-corrected chi connectivity index (χ3v) is 13.2. The van der Waals surface area contributed by atoms with Gasteiger partial charge in [0.2, 0.25) is 0 Å². The summed E-state index contributed by atoms with van der Waals surface area (Å²) in [4.78, 5) is 5.00. The Bertz CT molecular complexity index is 3070. The van der Waals surface area contributed by atoms with Gasteiger partial charge in [0.1, 0.15) is 0 Å². The van der Waals surface area contributed by atoms with E-state index in [1.165, 1.54) is 83.5 Å². The van der Waals surface area contributed by atoms with E-state index in [1.807, 2.05) is 0 Å². The van der Waals surface area contributed by atoms with Gasteiger partial charge in [-0.2, -0.15) is 0 Å². The minimum absolute atomic E-state index is 0.137. The molecule has 3 aliphatic rings. The summed E-state index contributed by atoms with van der Waals surface area (Å²) in [6.45, 7) is 4.75. The van der Waals surface area contributed by atoms with Gasteiger partial charge in [-0.3, -0.25) is 0 Å². The van der Waals surface area contributed by atoms with Crippen molar-refractivity contribution >= 4 is 44.9 Å². The molecule has 0 N–H and O–H groups in total. The molecule has 2 nitrogen and oxygen atoms in total. The molecule has 1 spiro atoms. The first-order chi connectivity index (χ1) is 28.6. The van der Waals surface area contributed by atoms with E-state index in [9.17, 15) is 0 Å². The normalized spacial score (nSPS) is 14.6. The smallest absolute Gasteiger partial charge is 0.0755 e. The molecule has 0 saturated carbocycles. The number of nitrogens with zero attached hydrogens (tertiary/aromatic N) is 2. The average Bonchev–Trinajstić information content (AvgIpc) is 3.70. The molecule has 2 heteroatoms. The van der Waals surface area contributed by atoms with Gasteiger partial charge >= 0.3 is 0 Å². The number of para-hydroxylation sites is 3. The minimum atomic E-state index is -0.549. The molecule has 2 aliphatic carbocycles. The molecule has 0 amide bonds. The molecular weight excluding hydrogens is 701 g/mol. The van der Waals surface area contributed by atoms with Crippen molar-refractivity contribution in [3.63, 3.8) is 0 Å². The maximum Gasteiger partial charge on any atom is 0.0755 e. The molecule has 58 heavy (non-hydrogen) atoms. The van der Waals surface area contributed by atoms with E-state index in [2.05, 4.69) is 230 Å². The van der Waals surface area contributed by atoms with Crippen LogP contribution >= 0.6 is 0 Å². The Balaban J connectivity index is 1.17. The van der Waals surface area contributed by atoms with E-state index in [1.54, 1.807) is 0 Å². The van der Waals surface area contributed by atoms with Crippen LogP contribution in [0.25, 0.3) is 33.0 Å². The predicted octanol–water partition coefficient (Wildman–Crippen LogP) is 14.8. The lowest BCUT2D eigenvalue weighted by Gasteiger charge is -2.45. The second-order valence-corrected chi connectivity index (χ2v) is 16.4. The highest BCUT2D eigenvalue weighted by Crippen LogP contribution is 2.65. The number of rotatable bonds is 4. The molecule has 0 fully saturated rings. The lowest BCUT2D eigenvalue weighted by molar-refractivity contribution is 0.660. The molecule has 12 rings (SSSR count). The van der Waals surface area contributed by atoms with E-state index in [0.29, 0.717) is 0 Å². The van der Waals surface area contributed by atoms with E-state index in [4.69, 9.17) is 0 Å². The molecule has 0 bridgehead atoms. The molecule has 0 aromatic heterocycles. The topological polar surface area (TPSA) is 6.48 Å². The summed E-state index contributed by atoms with van der Waals surface area (Å²) in [6, 6.07) is 76.8. The zero-order valence-corrected chi connectivity index (χ0v) is 32.5. The highest BCUT2D eigenvalue weighted by molar-refractivity contribution is 6.05. The maximum atomic E-state index is 2.55. The summed E-state index contributed by atoms with van der Waals surface area (Å²) in [5.74, 6) is 0. The molecule has 1 heterocycles. The summed E-state index contributed by atoms with van der Waals surface area (Å²) in [5.41, 5.74) is 19.5. The minimum Gasteiger partial charge on any atom is -0.310 e. The Kier molecular flexibility index (Phi) is 6.93. The second kappa shape index (κ2) is 12.2. The first-order valence-electron chi connectivity index (χ1n) is 20.4. The largest absolute Gasteiger partial charge is 0.310 e.